The quantitative estimate of drug-likeness (QED) is 0.313. The predicted octanol–water partition coefficient (Wildman–Crippen LogP) is 3.83. The van der Waals surface area contributed by atoms with Crippen molar-refractivity contribution >= 4 is 40.9 Å². The molecule has 2 aliphatic rings. The van der Waals surface area contributed by atoms with Crippen LogP contribution in [0, 0.1) is 0 Å². The van der Waals surface area contributed by atoms with E-state index in [0.29, 0.717) is 11.3 Å². The van der Waals surface area contributed by atoms with Crippen LogP contribution in [0.25, 0.3) is 0 Å². The summed E-state index contributed by atoms with van der Waals surface area (Å²) in [6.07, 6.45) is 2.70. The van der Waals surface area contributed by atoms with E-state index in [9.17, 15) is 19.5 Å². The number of nitrogens with zero attached hydrogens (tertiary/aromatic N) is 1. The van der Waals surface area contributed by atoms with Crippen molar-refractivity contribution in [3.05, 3.63) is 118 Å². The molecule has 9 heteroatoms. The number of aliphatic hydroxyl groups excluding tert-OH is 1. The van der Waals surface area contributed by atoms with E-state index in [4.69, 9.17) is 4.74 Å². The number of thioether (sulfide) groups is 1. The maximum atomic E-state index is 13.7. The molecular weight excluding hydrogens is 520 g/mol. The summed E-state index contributed by atoms with van der Waals surface area (Å²) >= 11 is 2.94. The van der Waals surface area contributed by atoms with E-state index in [1.165, 1.54) is 34.1 Å². The van der Waals surface area contributed by atoms with Crippen LogP contribution in [-0.4, -0.2) is 51.6 Å². The molecule has 0 spiro atoms. The number of nitrogens with one attached hydrogen (secondary N) is 1. The van der Waals surface area contributed by atoms with Crippen LogP contribution in [0.4, 0.5) is 0 Å². The summed E-state index contributed by atoms with van der Waals surface area (Å²) in [5.74, 6) is -0.811. The summed E-state index contributed by atoms with van der Waals surface area (Å²) in [5.41, 5.74) is 2.33. The average molecular weight is 547 g/mol. The van der Waals surface area contributed by atoms with Crippen molar-refractivity contribution in [1.29, 1.82) is 0 Å². The van der Waals surface area contributed by atoms with Crippen LogP contribution in [-0.2, 0) is 25.5 Å². The molecule has 1 saturated heterocycles. The molecule has 3 aromatic rings. The molecule has 0 saturated carbocycles. The van der Waals surface area contributed by atoms with Gasteiger partial charge in [-0.2, -0.15) is 0 Å². The highest BCUT2D eigenvalue weighted by Crippen LogP contribution is 2.42. The smallest absolute Gasteiger partial charge is 0.356 e. The highest BCUT2D eigenvalue weighted by Gasteiger charge is 2.54. The number of carbonyl (C=O) groups excluding carboxylic acids is 3. The first kappa shape index (κ1) is 26.0. The number of ether oxygens (including phenoxy) is 1. The van der Waals surface area contributed by atoms with Gasteiger partial charge in [-0.15, -0.1) is 23.1 Å². The number of allylic oxidation sites excluding steroid dienone is 1. The summed E-state index contributed by atoms with van der Waals surface area (Å²) in [7, 11) is 0. The molecule has 2 N–H and O–H groups in total. The minimum Gasteiger partial charge on any atom is -0.448 e. The lowest BCUT2D eigenvalue weighted by Crippen LogP contribution is -2.70. The first-order valence-corrected chi connectivity index (χ1v) is 14.1. The number of fused-ring (bicyclic) bond motifs is 1. The van der Waals surface area contributed by atoms with Crippen molar-refractivity contribution in [2.24, 2.45) is 0 Å². The number of amides is 2. The van der Waals surface area contributed by atoms with Gasteiger partial charge in [0.15, 0.2) is 6.10 Å². The molecule has 0 radical (unpaired) electrons. The number of benzene rings is 2. The van der Waals surface area contributed by atoms with Gasteiger partial charge in [-0.25, -0.2) is 4.79 Å². The maximum absolute atomic E-state index is 13.7. The van der Waals surface area contributed by atoms with Crippen molar-refractivity contribution in [3.8, 4) is 0 Å². The number of esters is 1. The van der Waals surface area contributed by atoms with Gasteiger partial charge < -0.3 is 15.2 Å². The van der Waals surface area contributed by atoms with Crippen LogP contribution in [0.15, 0.2) is 102 Å². The number of carbonyl (C=O) groups is 3. The molecule has 0 unspecified atom stereocenters. The highest BCUT2D eigenvalue weighted by atomic mass is 32.2. The average Bonchev–Trinajstić information content (AvgIpc) is 3.46. The molecule has 194 valence electrons. The zero-order valence-electron chi connectivity index (χ0n) is 20.4. The van der Waals surface area contributed by atoms with Crippen molar-refractivity contribution < 1.29 is 24.2 Å². The van der Waals surface area contributed by atoms with Gasteiger partial charge in [-0.1, -0.05) is 78.9 Å². The Hall–Kier alpha value is -3.66. The zero-order chi connectivity index (χ0) is 26.5. The lowest BCUT2D eigenvalue weighted by Gasteiger charge is -2.49. The van der Waals surface area contributed by atoms with Gasteiger partial charge in [0.2, 0.25) is 5.91 Å². The van der Waals surface area contributed by atoms with E-state index in [1.54, 1.807) is 6.08 Å². The lowest BCUT2D eigenvalue weighted by atomic mass is 10.0. The molecule has 2 aromatic carbocycles. The Labute approximate surface area is 228 Å². The van der Waals surface area contributed by atoms with Crippen LogP contribution in [0.2, 0.25) is 0 Å². The Morgan fingerprint density at radius 1 is 1.05 bits per heavy atom. The molecule has 2 aliphatic heterocycles. The van der Waals surface area contributed by atoms with Crippen LogP contribution >= 0.6 is 23.1 Å². The summed E-state index contributed by atoms with van der Waals surface area (Å²) < 4.78 is 6.08. The molecule has 1 aromatic heterocycles. The van der Waals surface area contributed by atoms with Crippen LogP contribution < -0.4 is 5.32 Å². The second-order valence-electron chi connectivity index (χ2n) is 8.78. The number of thiophene rings is 1. The minimum atomic E-state index is -0.724. The third kappa shape index (κ3) is 5.45. The Morgan fingerprint density at radius 3 is 2.34 bits per heavy atom. The lowest BCUT2D eigenvalue weighted by molar-refractivity contribution is -0.154. The van der Waals surface area contributed by atoms with Gasteiger partial charge >= 0.3 is 5.97 Å². The second-order valence-corrected chi connectivity index (χ2v) is 10.9. The molecule has 7 nitrogen and oxygen atoms in total. The number of rotatable bonds is 9. The van der Waals surface area contributed by atoms with Crippen molar-refractivity contribution in [1.82, 2.24) is 10.2 Å². The van der Waals surface area contributed by atoms with E-state index >= 15 is 0 Å². The molecule has 2 amide bonds. The summed E-state index contributed by atoms with van der Waals surface area (Å²) in [4.78, 5) is 41.9. The Kier molecular flexibility index (Phi) is 8.07. The van der Waals surface area contributed by atoms with Gasteiger partial charge in [-0.05, 0) is 28.1 Å². The number of hydrogen-bond donors (Lipinski definition) is 2. The SMILES string of the molecule is O=C(Cc1cccs1)N[C@@H]1C(=O)N2C(C(=O)OC(c3ccccc3)c3ccccc3)=C(C=CCO)CS[C@@H]12. The zero-order valence-corrected chi connectivity index (χ0v) is 22.0. The Bertz CT molecular complexity index is 1320. The Morgan fingerprint density at radius 2 is 1.74 bits per heavy atom. The molecular formula is C29H26N2O5S2. The van der Waals surface area contributed by atoms with E-state index in [2.05, 4.69) is 5.32 Å². The van der Waals surface area contributed by atoms with Gasteiger partial charge in [0, 0.05) is 10.6 Å². The molecule has 0 bridgehead atoms. The van der Waals surface area contributed by atoms with E-state index in [-0.39, 0.29) is 30.5 Å². The fraction of sp³-hybridized carbons (Fsp3) is 0.207. The van der Waals surface area contributed by atoms with E-state index < -0.39 is 23.5 Å². The monoisotopic (exact) mass is 546 g/mol. The predicted molar refractivity (Wildman–Crippen MR) is 147 cm³/mol. The first-order valence-electron chi connectivity index (χ1n) is 12.1. The third-order valence-corrected chi connectivity index (χ3v) is 8.46. The summed E-state index contributed by atoms with van der Waals surface area (Å²) in [5, 5.41) is 13.7. The van der Waals surface area contributed by atoms with E-state index in [1.807, 2.05) is 78.2 Å². The number of hydrogen-bond acceptors (Lipinski definition) is 7. The largest absolute Gasteiger partial charge is 0.448 e. The fourth-order valence-corrected chi connectivity index (χ4v) is 6.52. The standard InChI is InChI=1S/C29H26N2O5S2/c32-15-7-13-21-18-38-28-24(30-23(33)17-22-14-8-16-37-22)27(34)31(28)25(21)29(35)36-26(19-9-3-1-4-10-19)20-11-5-2-6-12-20/h1-14,16,24,26,28,32H,15,17-18H2,(H,30,33)/t24-,28+/m1/s1. The van der Waals surface area contributed by atoms with Crippen LogP contribution in [0.3, 0.4) is 0 Å². The molecule has 3 heterocycles. The maximum Gasteiger partial charge on any atom is 0.356 e. The summed E-state index contributed by atoms with van der Waals surface area (Å²) in [6.45, 7) is -0.202. The molecule has 5 rings (SSSR count). The molecule has 1 fully saturated rings. The summed E-state index contributed by atoms with van der Waals surface area (Å²) in [6, 6.07) is 21.9. The van der Waals surface area contributed by atoms with Crippen molar-refractivity contribution in [3.63, 3.8) is 0 Å². The fourth-order valence-electron chi connectivity index (χ4n) is 4.50. The van der Waals surface area contributed by atoms with Crippen LogP contribution in [0.5, 0.6) is 0 Å². The molecule has 0 aliphatic carbocycles. The normalized spacial score (nSPS) is 18.9. The first-order chi connectivity index (χ1) is 18.6. The van der Waals surface area contributed by atoms with Gasteiger partial charge in [0.25, 0.3) is 5.91 Å². The number of aliphatic hydroxyl groups is 1. The second kappa shape index (κ2) is 11.8. The Balaban J connectivity index is 1.40. The van der Waals surface area contributed by atoms with Crippen LogP contribution in [0.1, 0.15) is 22.1 Å². The topological polar surface area (TPSA) is 95.9 Å². The molecule has 38 heavy (non-hydrogen) atoms. The van der Waals surface area contributed by atoms with Crippen molar-refractivity contribution in [2.75, 3.05) is 12.4 Å². The van der Waals surface area contributed by atoms with Gasteiger partial charge in [0.1, 0.15) is 17.1 Å². The van der Waals surface area contributed by atoms with Gasteiger partial charge in [0.05, 0.1) is 13.0 Å². The number of β-lactam (4-membered cyclic amide) rings is 1. The highest BCUT2D eigenvalue weighted by molar-refractivity contribution is 8.00. The third-order valence-electron chi connectivity index (χ3n) is 6.28. The van der Waals surface area contributed by atoms with E-state index in [0.717, 1.165) is 16.0 Å². The minimum absolute atomic E-state index is 0.143. The van der Waals surface area contributed by atoms with Gasteiger partial charge in [-0.3, -0.25) is 14.5 Å². The molecule has 2 atom stereocenters. The van der Waals surface area contributed by atoms with Crippen molar-refractivity contribution in [2.45, 2.75) is 23.9 Å².